The smallest absolute Gasteiger partial charge is 0.306 e. The number of carbonyl (C=O) groups is 2. The Hall–Kier alpha value is -2.96. The zero-order valence-electron chi connectivity index (χ0n) is 42.6. The molecule has 3 unspecified atom stereocenters. The first-order valence-electron chi connectivity index (χ1n) is 27.3. The van der Waals surface area contributed by atoms with E-state index in [1.54, 1.807) is 0 Å². The summed E-state index contributed by atoms with van der Waals surface area (Å²) < 4.78 is 5.91. The predicted octanol–water partition coefficient (Wildman–Crippen LogP) is 16.7. The Morgan fingerprint density at radius 1 is 0.477 bits per heavy atom. The van der Waals surface area contributed by atoms with Crippen molar-refractivity contribution in [2.45, 2.75) is 270 Å². The summed E-state index contributed by atoms with van der Waals surface area (Å²) >= 11 is 0. The van der Waals surface area contributed by atoms with Gasteiger partial charge in [0.25, 0.3) is 0 Å². The average molecular weight is 906 g/mol. The number of ether oxygens (including phenoxy) is 1. The zero-order chi connectivity index (χ0) is 47.4. The lowest BCUT2D eigenvalue weighted by atomic mass is 10.0. The normalized spacial score (nSPS) is 13.9. The van der Waals surface area contributed by atoms with Crippen molar-refractivity contribution >= 4 is 11.9 Å². The molecule has 0 aromatic carbocycles. The van der Waals surface area contributed by atoms with Crippen molar-refractivity contribution in [1.82, 2.24) is 5.32 Å². The van der Waals surface area contributed by atoms with Gasteiger partial charge in [-0.3, -0.25) is 9.59 Å². The van der Waals surface area contributed by atoms with Crippen molar-refractivity contribution in [2.24, 2.45) is 0 Å². The van der Waals surface area contributed by atoms with Gasteiger partial charge in [-0.25, -0.2) is 0 Å². The van der Waals surface area contributed by atoms with Crippen molar-refractivity contribution in [3.05, 3.63) is 85.1 Å². The fraction of sp³-hybridized carbons (Fsp3) is 0.729. The maximum atomic E-state index is 13.2. The molecule has 65 heavy (non-hydrogen) atoms. The molecule has 0 radical (unpaired) electrons. The molecule has 0 spiro atoms. The van der Waals surface area contributed by atoms with Crippen LogP contribution in [0.5, 0.6) is 0 Å². The lowest BCUT2D eigenvalue weighted by molar-refractivity contribution is -0.151. The molecule has 0 aromatic heterocycles. The summed E-state index contributed by atoms with van der Waals surface area (Å²) in [5.74, 6) is -0.553. The van der Waals surface area contributed by atoms with Crippen LogP contribution in [-0.2, 0) is 14.3 Å². The fourth-order valence-corrected chi connectivity index (χ4v) is 7.90. The van der Waals surface area contributed by atoms with Crippen LogP contribution in [0.3, 0.4) is 0 Å². The monoisotopic (exact) mass is 906 g/mol. The molecule has 0 heterocycles. The molecule has 0 rings (SSSR count). The Kier molecular flexibility index (Phi) is 49.6. The predicted molar refractivity (Wildman–Crippen MR) is 282 cm³/mol. The Morgan fingerprint density at radius 3 is 1.40 bits per heavy atom. The molecule has 0 aliphatic rings. The van der Waals surface area contributed by atoms with Gasteiger partial charge in [-0.2, -0.15) is 0 Å². The zero-order valence-corrected chi connectivity index (χ0v) is 42.6. The van der Waals surface area contributed by atoms with Gasteiger partial charge in [0.05, 0.1) is 25.2 Å². The van der Waals surface area contributed by atoms with Crippen LogP contribution in [0.1, 0.15) is 252 Å². The molecule has 374 valence electrons. The number of rotatable bonds is 48. The number of amides is 1. The van der Waals surface area contributed by atoms with Gasteiger partial charge >= 0.3 is 5.97 Å². The molecule has 6 heteroatoms. The first-order chi connectivity index (χ1) is 32.0. The van der Waals surface area contributed by atoms with Crippen LogP contribution >= 0.6 is 0 Å². The van der Waals surface area contributed by atoms with Crippen LogP contribution in [0.15, 0.2) is 85.1 Å². The number of aliphatic hydroxyl groups is 2. The van der Waals surface area contributed by atoms with E-state index in [-0.39, 0.29) is 24.9 Å². The van der Waals surface area contributed by atoms with Crippen molar-refractivity contribution in [3.8, 4) is 0 Å². The topological polar surface area (TPSA) is 95.9 Å². The van der Waals surface area contributed by atoms with Crippen molar-refractivity contribution < 1.29 is 24.5 Å². The average Bonchev–Trinajstić information content (AvgIpc) is 3.30. The first kappa shape index (κ1) is 62.0. The van der Waals surface area contributed by atoms with Crippen molar-refractivity contribution in [1.29, 1.82) is 0 Å². The van der Waals surface area contributed by atoms with E-state index in [9.17, 15) is 19.8 Å². The molecule has 0 aliphatic heterocycles. The number of aliphatic hydroxyl groups excluding tert-OH is 2. The lowest BCUT2D eigenvalue weighted by Crippen LogP contribution is -2.46. The number of nitrogens with one attached hydrogen (secondary N) is 1. The largest absolute Gasteiger partial charge is 0.462 e. The fourth-order valence-electron chi connectivity index (χ4n) is 7.90. The first-order valence-corrected chi connectivity index (χ1v) is 27.3. The highest BCUT2D eigenvalue weighted by atomic mass is 16.5. The minimum Gasteiger partial charge on any atom is -0.462 e. The second-order valence-electron chi connectivity index (χ2n) is 18.3. The standard InChI is InChI=1S/C59H103NO5/c1-4-7-10-13-16-19-22-25-28-29-30-31-34-37-40-43-46-49-52-59(64)65-55(50-47-44-41-38-35-32-26-23-20-17-14-11-8-5-2)53-58(63)60-56(54-61)57(62)51-48-45-42-39-36-33-27-24-21-18-15-12-9-6-3/h8,11,17,20,22,25-26,28-32,38,41,55-57,61-62H,4-7,9-10,12-16,18-19,21,23-24,27,33-37,39-40,42-54H2,1-3H3,(H,60,63)/b11-8+,20-17+,25-22+,29-28+,31-30+,32-26+,41-38+. The third kappa shape index (κ3) is 47.3. The molecule has 0 fully saturated rings. The van der Waals surface area contributed by atoms with Crippen LogP contribution in [0.25, 0.3) is 0 Å². The molecule has 0 bridgehead atoms. The van der Waals surface area contributed by atoms with E-state index in [4.69, 9.17) is 4.74 Å². The number of unbranched alkanes of at least 4 members (excludes halogenated alkanes) is 24. The maximum Gasteiger partial charge on any atom is 0.306 e. The molecular weight excluding hydrogens is 803 g/mol. The highest BCUT2D eigenvalue weighted by Crippen LogP contribution is 2.17. The molecule has 0 saturated heterocycles. The molecule has 6 nitrogen and oxygen atoms in total. The third-order valence-electron chi connectivity index (χ3n) is 12.0. The van der Waals surface area contributed by atoms with Crippen molar-refractivity contribution in [2.75, 3.05) is 6.61 Å². The van der Waals surface area contributed by atoms with E-state index in [0.29, 0.717) is 19.3 Å². The summed E-state index contributed by atoms with van der Waals surface area (Å²) in [5.41, 5.74) is 0. The van der Waals surface area contributed by atoms with E-state index in [0.717, 1.165) is 103 Å². The highest BCUT2D eigenvalue weighted by molar-refractivity contribution is 5.77. The molecule has 0 saturated carbocycles. The summed E-state index contributed by atoms with van der Waals surface area (Å²) in [6, 6.07) is -0.728. The van der Waals surface area contributed by atoms with Crippen LogP contribution in [-0.4, -0.2) is 46.9 Å². The Morgan fingerprint density at radius 2 is 0.908 bits per heavy atom. The summed E-state index contributed by atoms with van der Waals surface area (Å²) in [6.45, 7) is 6.34. The molecular formula is C59H103NO5. The van der Waals surface area contributed by atoms with E-state index in [1.807, 2.05) is 0 Å². The number of esters is 1. The second kappa shape index (κ2) is 52.0. The summed E-state index contributed by atoms with van der Waals surface area (Å²) in [6.07, 6.45) is 67.9. The molecule has 3 atom stereocenters. The van der Waals surface area contributed by atoms with Gasteiger partial charge in [-0.15, -0.1) is 0 Å². The van der Waals surface area contributed by atoms with E-state index >= 15 is 0 Å². The summed E-state index contributed by atoms with van der Waals surface area (Å²) in [7, 11) is 0. The molecule has 3 N–H and O–H groups in total. The van der Waals surface area contributed by atoms with E-state index < -0.39 is 18.2 Å². The van der Waals surface area contributed by atoms with Gasteiger partial charge in [0.2, 0.25) is 5.91 Å². The summed E-state index contributed by atoms with van der Waals surface area (Å²) in [4.78, 5) is 26.2. The van der Waals surface area contributed by atoms with Crippen LogP contribution in [0.2, 0.25) is 0 Å². The number of hydrogen-bond acceptors (Lipinski definition) is 5. The van der Waals surface area contributed by atoms with Gasteiger partial charge < -0.3 is 20.3 Å². The second-order valence-corrected chi connectivity index (χ2v) is 18.3. The SMILES string of the molecule is CC/C=C/C/C=C/C/C=C/C/C=C/CCCC(CC(=O)NC(CO)C(O)CCCCCCCCCCCCCCCC)OC(=O)CCCCCCC/C=C/C=C/C=C/CCCCCCC. The minimum absolute atomic E-state index is 0.0279. The van der Waals surface area contributed by atoms with Crippen LogP contribution < -0.4 is 5.32 Å². The van der Waals surface area contributed by atoms with Crippen molar-refractivity contribution in [3.63, 3.8) is 0 Å². The van der Waals surface area contributed by atoms with Gasteiger partial charge in [0, 0.05) is 6.42 Å². The van der Waals surface area contributed by atoms with Gasteiger partial charge in [0.15, 0.2) is 0 Å². The van der Waals surface area contributed by atoms with Crippen LogP contribution in [0, 0.1) is 0 Å². The number of hydrogen-bond donors (Lipinski definition) is 3. The van der Waals surface area contributed by atoms with E-state index in [1.165, 1.54) is 103 Å². The molecule has 1 amide bonds. The Bertz CT molecular complexity index is 1250. The van der Waals surface area contributed by atoms with Gasteiger partial charge in [0.1, 0.15) is 6.10 Å². The number of carbonyl (C=O) groups excluding carboxylic acids is 2. The molecule has 0 aromatic rings. The van der Waals surface area contributed by atoms with E-state index in [2.05, 4.69) is 111 Å². The van der Waals surface area contributed by atoms with Gasteiger partial charge in [-0.1, -0.05) is 241 Å². The number of allylic oxidation sites excluding steroid dienone is 14. The van der Waals surface area contributed by atoms with Crippen LogP contribution in [0.4, 0.5) is 0 Å². The minimum atomic E-state index is -0.810. The molecule has 0 aliphatic carbocycles. The quantitative estimate of drug-likeness (QED) is 0.0245. The van der Waals surface area contributed by atoms with Gasteiger partial charge in [-0.05, 0) is 83.5 Å². The Labute approximate surface area is 402 Å². The Balaban J connectivity index is 4.68. The third-order valence-corrected chi connectivity index (χ3v) is 12.0. The maximum absolute atomic E-state index is 13.2. The summed E-state index contributed by atoms with van der Waals surface area (Å²) in [5, 5.41) is 23.8. The highest BCUT2D eigenvalue weighted by Gasteiger charge is 2.24. The lowest BCUT2D eigenvalue weighted by Gasteiger charge is -2.24.